The number of aromatic nitrogens is 4. The molecule has 0 aromatic carbocycles. The minimum absolute atomic E-state index is 0.0149. The summed E-state index contributed by atoms with van der Waals surface area (Å²) >= 11 is 0. The van der Waals surface area contributed by atoms with E-state index < -0.39 is 35.9 Å². The van der Waals surface area contributed by atoms with E-state index in [1.54, 1.807) is 13.8 Å². The van der Waals surface area contributed by atoms with E-state index >= 15 is 0 Å². The largest absolute Gasteiger partial charge is 0.463 e. The van der Waals surface area contributed by atoms with Crippen molar-refractivity contribution in [3.8, 4) is 0 Å². The van der Waals surface area contributed by atoms with Crippen LogP contribution in [0.5, 0.6) is 0 Å². The molecule has 3 unspecified atom stereocenters. The Labute approximate surface area is 170 Å². The molecule has 2 aromatic heterocycles. The van der Waals surface area contributed by atoms with Gasteiger partial charge in [-0.25, -0.2) is 4.98 Å². The molecular formula is C18H23N5O7. The number of carbonyl (C=O) groups excluding carboxylic acids is 3. The third-order valence-corrected chi connectivity index (χ3v) is 4.46. The molecule has 1 amide bonds. The Balaban J connectivity index is 1.90. The zero-order valence-corrected chi connectivity index (χ0v) is 17.0. The van der Waals surface area contributed by atoms with Crippen LogP contribution in [0.3, 0.4) is 0 Å². The Morgan fingerprint density at radius 2 is 2.07 bits per heavy atom. The fourth-order valence-corrected chi connectivity index (χ4v) is 3.01. The molecule has 12 heteroatoms. The van der Waals surface area contributed by atoms with E-state index in [4.69, 9.17) is 14.2 Å². The molecule has 1 saturated heterocycles. The number of rotatable bonds is 6. The maximum absolute atomic E-state index is 12.3. The molecule has 0 bridgehead atoms. The summed E-state index contributed by atoms with van der Waals surface area (Å²) in [5.41, 5.74) is -0.269. The van der Waals surface area contributed by atoms with Crippen LogP contribution in [-0.2, 0) is 28.6 Å². The number of imidazole rings is 1. The zero-order chi connectivity index (χ0) is 22.0. The summed E-state index contributed by atoms with van der Waals surface area (Å²) in [7, 11) is 0. The highest BCUT2D eigenvalue weighted by molar-refractivity contribution is 5.91. The van der Waals surface area contributed by atoms with Crippen molar-refractivity contribution in [3.63, 3.8) is 0 Å². The van der Waals surface area contributed by atoms with E-state index in [1.807, 2.05) is 0 Å². The average Bonchev–Trinajstić information content (AvgIpc) is 3.23. The number of fused-ring (bicyclic) bond motifs is 1. The van der Waals surface area contributed by atoms with Crippen LogP contribution in [0.4, 0.5) is 5.95 Å². The predicted octanol–water partition coefficient (Wildman–Crippen LogP) is 0.496. The van der Waals surface area contributed by atoms with E-state index in [0.717, 1.165) is 0 Å². The van der Waals surface area contributed by atoms with Crippen molar-refractivity contribution in [1.29, 1.82) is 0 Å². The third-order valence-electron chi connectivity index (χ3n) is 4.46. The van der Waals surface area contributed by atoms with E-state index in [1.165, 1.54) is 24.7 Å². The third kappa shape index (κ3) is 4.64. The Morgan fingerprint density at radius 3 is 2.70 bits per heavy atom. The van der Waals surface area contributed by atoms with Crippen molar-refractivity contribution in [2.24, 2.45) is 5.92 Å². The molecule has 3 heterocycles. The maximum atomic E-state index is 12.3. The van der Waals surface area contributed by atoms with Gasteiger partial charge in [-0.3, -0.25) is 34.0 Å². The molecule has 12 nitrogen and oxygen atoms in total. The Hall–Kier alpha value is -3.28. The van der Waals surface area contributed by atoms with Crippen LogP contribution < -0.4 is 10.9 Å². The second kappa shape index (κ2) is 8.61. The Kier molecular flexibility index (Phi) is 6.15. The number of amides is 1. The molecule has 0 aliphatic carbocycles. The Bertz CT molecular complexity index is 1030. The first-order chi connectivity index (χ1) is 14.2. The molecule has 3 atom stereocenters. The van der Waals surface area contributed by atoms with Crippen LogP contribution in [0.1, 0.15) is 40.3 Å². The van der Waals surface area contributed by atoms with Gasteiger partial charge < -0.3 is 14.2 Å². The lowest BCUT2D eigenvalue weighted by molar-refractivity contribution is -0.155. The van der Waals surface area contributed by atoms with Crippen molar-refractivity contribution < 1.29 is 28.6 Å². The molecule has 2 N–H and O–H groups in total. The zero-order valence-electron chi connectivity index (χ0n) is 17.0. The molecule has 162 valence electrons. The SMILES string of the molecule is CC(=O)OCC1OC(n2cnc3c(=O)[nH]c(NC(=O)C(C)C)nc32)CC1OC(C)=O. The summed E-state index contributed by atoms with van der Waals surface area (Å²) in [5.74, 6) is -1.62. The minimum Gasteiger partial charge on any atom is -0.463 e. The van der Waals surface area contributed by atoms with Crippen LogP contribution in [0.15, 0.2) is 11.1 Å². The van der Waals surface area contributed by atoms with Gasteiger partial charge in [0.1, 0.15) is 25.0 Å². The smallest absolute Gasteiger partial charge is 0.303 e. The average molecular weight is 421 g/mol. The lowest BCUT2D eigenvalue weighted by atomic mass is 10.2. The van der Waals surface area contributed by atoms with Gasteiger partial charge >= 0.3 is 11.9 Å². The molecule has 1 fully saturated rings. The Morgan fingerprint density at radius 1 is 1.33 bits per heavy atom. The van der Waals surface area contributed by atoms with Crippen molar-refractivity contribution >= 4 is 35.0 Å². The number of nitrogens with zero attached hydrogens (tertiary/aromatic N) is 3. The quantitative estimate of drug-likeness (QED) is 0.634. The molecule has 30 heavy (non-hydrogen) atoms. The number of aromatic amines is 1. The normalized spacial score (nSPS) is 21.0. The van der Waals surface area contributed by atoms with E-state index in [-0.39, 0.29) is 42.0 Å². The minimum atomic E-state index is -0.692. The summed E-state index contributed by atoms with van der Waals surface area (Å²) in [4.78, 5) is 57.7. The fraction of sp³-hybridized carbons (Fsp3) is 0.556. The van der Waals surface area contributed by atoms with Gasteiger partial charge in [0.05, 0.1) is 6.33 Å². The summed E-state index contributed by atoms with van der Waals surface area (Å²) in [6.07, 6.45) is -0.416. The predicted molar refractivity (Wildman–Crippen MR) is 102 cm³/mol. The molecule has 0 spiro atoms. The molecule has 0 saturated carbocycles. The first-order valence-electron chi connectivity index (χ1n) is 9.39. The monoisotopic (exact) mass is 421 g/mol. The number of ether oxygens (including phenoxy) is 3. The standard InChI is InChI=1S/C18H23N5O7/c1-8(2)16(26)21-18-20-15-14(17(27)22-18)19-7-23(15)13-5-11(29-10(4)25)12(30-13)6-28-9(3)24/h7-8,11-13H,5-6H2,1-4H3,(H2,20,21,22,26,27). The first-order valence-corrected chi connectivity index (χ1v) is 9.39. The van der Waals surface area contributed by atoms with Crippen molar-refractivity contribution in [3.05, 3.63) is 16.7 Å². The number of hydrogen-bond acceptors (Lipinski definition) is 9. The summed E-state index contributed by atoms with van der Waals surface area (Å²) in [6, 6.07) is 0. The van der Waals surface area contributed by atoms with Gasteiger partial charge in [-0.05, 0) is 0 Å². The van der Waals surface area contributed by atoms with Crippen LogP contribution in [0, 0.1) is 5.92 Å². The van der Waals surface area contributed by atoms with Gasteiger partial charge in [-0.15, -0.1) is 0 Å². The van der Waals surface area contributed by atoms with Gasteiger partial charge in [-0.1, -0.05) is 13.8 Å². The van der Waals surface area contributed by atoms with Gasteiger partial charge in [0.25, 0.3) is 5.56 Å². The number of esters is 2. The van der Waals surface area contributed by atoms with Crippen LogP contribution in [0.2, 0.25) is 0 Å². The topological polar surface area (TPSA) is 154 Å². The highest BCUT2D eigenvalue weighted by Crippen LogP contribution is 2.32. The molecule has 1 aliphatic rings. The van der Waals surface area contributed by atoms with Crippen molar-refractivity contribution in [1.82, 2.24) is 19.5 Å². The van der Waals surface area contributed by atoms with Gasteiger partial charge in [0, 0.05) is 26.2 Å². The highest BCUT2D eigenvalue weighted by Gasteiger charge is 2.40. The number of H-pyrrole nitrogens is 1. The van der Waals surface area contributed by atoms with E-state index in [0.29, 0.717) is 0 Å². The van der Waals surface area contributed by atoms with Crippen molar-refractivity contribution in [2.75, 3.05) is 11.9 Å². The number of anilines is 1. The lowest BCUT2D eigenvalue weighted by Crippen LogP contribution is -2.31. The van der Waals surface area contributed by atoms with Gasteiger partial charge in [-0.2, -0.15) is 4.98 Å². The van der Waals surface area contributed by atoms with Gasteiger partial charge in [0.15, 0.2) is 11.2 Å². The van der Waals surface area contributed by atoms with Gasteiger partial charge in [0.2, 0.25) is 11.9 Å². The molecule has 2 aromatic rings. The number of carbonyl (C=O) groups is 3. The summed E-state index contributed by atoms with van der Waals surface area (Å²) in [5, 5.41) is 2.54. The fourth-order valence-electron chi connectivity index (χ4n) is 3.01. The van der Waals surface area contributed by atoms with E-state index in [2.05, 4.69) is 20.3 Å². The second-order valence-corrected chi connectivity index (χ2v) is 7.20. The van der Waals surface area contributed by atoms with Crippen LogP contribution in [-0.4, -0.2) is 56.2 Å². The molecular weight excluding hydrogens is 398 g/mol. The molecule has 1 aliphatic heterocycles. The summed E-state index contributed by atoms with van der Waals surface area (Å²) < 4.78 is 17.7. The molecule has 0 radical (unpaired) electrons. The molecule has 3 rings (SSSR count). The number of hydrogen-bond donors (Lipinski definition) is 2. The second-order valence-electron chi connectivity index (χ2n) is 7.20. The first kappa shape index (κ1) is 21.4. The van der Waals surface area contributed by atoms with Crippen LogP contribution >= 0.6 is 0 Å². The highest BCUT2D eigenvalue weighted by atomic mass is 16.6. The van der Waals surface area contributed by atoms with Crippen molar-refractivity contribution in [2.45, 2.75) is 52.6 Å². The lowest BCUT2D eigenvalue weighted by Gasteiger charge is -2.17. The van der Waals surface area contributed by atoms with E-state index in [9.17, 15) is 19.2 Å². The summed E-state index contributed by atoms with van der Waals surface area (Å²) in [6.45, 7) is 5.86. The van der Waals surface area contributed by atoms with Crippen LogP contribution in [0.25, 0.3) is 11.2 Å². The number of nitrogens with one attached hydrogen (secondary N) is 2. The maximum Gasteiger partial charge on any atom is 0.303 e.